The Hall–Kier alpha value is -3.07. The van der Waals surface area contributed by atoms with Crippen LogP contribution in [0, 0.1) is 5.82 Å². The molecule has 156 valence electrons. The van der Waals surface area contributed by atoms with Gasteiger partial charge in [0.25, 0.3) is 0 Å². The van der Waals surface area contributed by atoms with Gasteiger partial charge in [0.15, 0.2) is 6.17 Å². The summed E-state index contributed by atoms with van der Waals surface area (Å²) in [4.78, 5) is 0. The lowest BCUT2D eigenvalue weighted by Gasteiger charge is -2.32. The molecule has 4 atom stereocenters. The lowest BCUT2D eigenvalue weighted by Crippen LogP contribution is -2.51. The number of nitrogens with one attached hydrogen (secondary N) is 1. The fraction of sp³-hybridized carbons (Fsp3) is 0.381. The Bertz CT molecular complexity index is 1070. The highest BCUT2D eigenvalue weighted by Gasteiger charge is 2.43. The minimum absolute atomic E-state index is 0.128. The van der Waals surface area contributed by atoms with Gasteiger partial charge >= 0.3 is 0 Å². The molecule has 2 saturated heterocycles. The van der Waals surface area contributed by atoms with Crippen molar-refractivity contribution < 1.29 is 18.6 Å². The van der Waals surface area contributed by atoms with Crippen molar-refractivity contribution in [1.82, 2.24) is 25.3 Å². The van der Waals surface area contributed by atoms with Gasteiger partial charge in [-0.25, -0.2) is 8.78 Å². The van der Waals surface area contributed by atoms with E-state index < -0.39 is 18.1 Å². The van der Waals surface area contributed by atoms with Crippen LogP contribution in [0.15, 0.2) is 36.7 Å². The second-order valence-corrected chi connectivity index (χ2v) is 7.89. The summed E-state index contributed by atoms with van der Waals surface area (Å²) in [6.07, 6.45) is 3.88. The second-order valence-electron chi connectivity index (χ2n) is 7.89. The zero-order valence-corrected chi connectivity index (χ0v) is 16.3. The average Bonchev–Trinajstić information content (AvgIpc) is 3.35. The largest absolute Gasteiger partial charge is 0.507 e. The van der Waals surface area contributed by atoms with Crippen LogP contribution in [-0.2, 0) is 7.05 Å². The van der Waals surface area contributed by atoms with Crippen LogP contribution in [-0.4, -0.2) is 49.4 Å². The molecule has 5 rings (SSSR count). The smallest absolute Gasteiger partial charge is 0.233 e. The van der Waals surface area contributed by atoms with Gasteiger partial charge in [-0.2, -0.15) is 5.10 Å². The Labute approximate surface area is 171 Å². The van der Waals surface area contributed by atoms with Gasteiger partial charge in [0.1, 0.15) is 17.7 Å². The summed E-state index contributed by atoms with van der Waals surface area (Å²) >= 11 is 0. The quantitative estimate of drug-likeness (QED) is 0.684. The summed E-state index contributed by atoms with van der Waals surface area (Å²) in [5.41, 5.74) is 1.30. The number of aryl methyl sites for hydroxylation is 1. The van der Waals surface area contributed by atoms with E-state index in [0.717, 1.165) is 12.8 Å². The van der Waals surface area contributed by atoms with Crippen molar-refractivity contribution in [2.24, 2.45) is 7.05 Å². The summed E-state index contributed by atoms with van der Waals surface area (Å²) in [5.74, 6) is -0.431. The molecule has 2 N–H and O–H groups in total. The molecule has 0 amide bonds. The van der Waals surface area contributed by atoms with Crippen LogP contribution in [0.25, 0.3) is 22.4 Å². The van der Waals surface area contributed by atoms with Crippen LogP contribution < -0.4 is 10.1 Å². The van der Waals surface area contributed by atoms with E-state index >= 15 is 0 Å². The van der Waals surface area contributed by atoms with Gasteiger partial charge in [-0.15, -0.1) is 10.2 Å². The predicted molar refractivity (Wildman–Crippen MR) is 105 cm³/mol. The normalized spacial score (nSPS) is 25.4. The first kappa shape index (κ1) is 18.9. The van der Waals surface area contributed by atoms with E-state index in [2.05, 4.69) is 20.6 Å². The van der Waals surface area contributed by atoms with Crippen LogP contribution in [0.3, 0.4) is 0 Å². The van der Waals surface area contributed by atoms with Crippen molar-refractivity contribution >= 4 is 0 Å². The third-order valence-corrected chi connectivity index (χ3v) is 5.82. The fourth-order valence-corrected chi connectivity index (χ4v) is 4.30. The lowest BCUT2D eigenvalue weighted by atomic mass is 10.0. The second kappa shape index (κ2) is 7.32. The summed E-state index contributed by atoms with van der Waals surface area (Å²) in [6, 6.07) is 5.79. The summed E-state index contributed by atoms with van der Waals surface area (Å²) < 4.78 is 36.5. The highest BCUT2D eigenvalue weighted by atomic mass is 19.1. The number of ether oxygens (including phenoxy) is 1. The maximum atomic E-state index is 14.7. The Morgan fingerprint density at radius 2 is 2.07 bits per heavy atom. The molecule has 30 heavy (non-hydrogen) atoms. The highest BCUT2D eigenvalue weighted by Crippen LogP contribution is 2.35. The third-order valence-electron chi connectivity index (χ3n) is 5.82. The number of benzene rings is 1. The number of rotatable bonds is 4. The molecule has 9 heteroatoms. The Morgan fingerprint density at radius 1 is 1.20 bits per heavy atom. The molecule has 2 aliphatic rings. The summed E-state index contributed by atoms with van der Waals surface area (Å²) in [7, 11) is 1.73. The minimum atomic E-state index is -1.09. The molecule has 1 aromatic carbocycles. The molecule has 2 aromatic heterocycles. The monoisotopic (exact) mass is 413 g/mol. The van der Waals surface area contributed by atoms with Crippen LogP contribution >= 0.6 is 0 Å². The van der Waals surface area contributed by atoms with E-state index in [1.54, 1.807) is 30.1 Å². The number of hydrogen-bond donors (Lipinski definition) is 2. The molecule has 0 unspecified atom stereocenters. The number of nitrogens with zero attached hydrogens (tertiary/aromatic N) is 4. The van der Waals surface area contributed by atoms with Gasteiger partial charge in [-0.05, 0) is 31.0 Å². The molecule has 0 saturated carbocycles. The van der Waals surface area contributed by atoms with Crippen molar-refractivity contribution in [2.45, 2.75) is 43.6 Å². The van der Waals surface area contributed by atoms with Crippen LogP contribution in [0.2, 0.25) is 0 Å². The van der Waals surface area contributed by atoms with Crippen molar-refractivity contribution in [2.75, 3.05) is 0 Å². The fourth-order valence-electron chi connectivity index (χ4n) is 4.30. The Balaban J connectivity index is 1.36. The maximum absolute atomic E-state index is 14.7. The molecule has 7 nitrogen and oxygen atoms in total. The Morgan fingerprint density at radius 3 is 2.80 bits per heavy atom. The van der Waals surface area contributed by atoms with Gasteiger partial charge in [-0.3, -0.25) is 4.68 Å². The minimum Gasteiger partial charge on any atom is -0.507 e. The van der Waals surface area contributed by atoms with Gasteiger partial charge in [0.2, 0.25) is 5.88 Å². The molecule has 2 fully saturated rings. The average molecular weight is 413 g/mol. The predicted octanol–water partition coefficient (Wildman–Crippen LogP) is 3.00. The maximum Gasteiger partial charge on any atom is 0.233 e. The zero-order chi connectivity index (χ0) is 20.8. The first-order chi connectivity index (χ1) is 14.5. The molecule has 2 bridgehead atoms. The summed E-state index contributed by atoms with van der Waals surface area (Å²) in [5, 5.41) is 25.7. The number of alkyl halides is 1. The van der Waals surface area contributed by atoms with Crippen molar-refractivity contribution in [3.63, 3.8) is 0 Å². The van der Waals surface area contributed by atoms with E-state index in [9.17, 15) is 13.9 Å². The number of hydrogen-bond acceptors (Lipinski definition) is 6. The van der Waals surface area contributed by atoms with Crippen molar-refractivity contribution in [3.8, 4) is 34.0 Å². The standard InChI is InChI=1S/C21H21F2N5O2/c1-28-10-11(9-24-28)13-8-18(29)14(7-15(13)22)16-4-5-20(27-26-16)30-19-6-12-2-3-17(25-12)21(19)23/h4-5,7-10,12,17,19,21,25,29H,2-3,6H2,1H3/t12-,17+,19-,21+/m0/s1. The molecule has 4 heterocycles. The van der Waals surface area contributed by atoms with Gasteiger partial charge in [0.05, 0.1) is 11.9 Å². The third kappa shape index (κ3) is 3.39. The molecule has 2 aliphatic heterocycles. The van der Waals surface area contributed by atoms with Crippen LogP contribution in [0.4, 0.5) is 8.78 Å². The number of aromatic nitrogens is 4. The SMILES string of the molecule is Cn1cc(-c2cc(O)c(-c3ccc(O[C@H]4C[C@@H]5CC[C@@H](N5)[C@H]4F)nn3)cc2F)cn1. The molecule has 0 radical (unpaired) electrons. The van der Waals surface area contributed by atoms with Crippen LogP contribution in [0.5, 0.6) is 11.6 Å². The topological polar surface area (TPSA) is 85.1 Å². The number of halogens is 2. The molecular formula is C21H21F2N5O2. The highest BCUT2D eigenvalue weighted by molar-refractivity contribution is 5.74. The lowest BCUT2D eigenvalue weighted by molar-refractivity contribution is 0.0422. The first-order valence-corrected chi connectivity index (χ1v) is 9.90. The molecule has 0 aliphatic carbocycles. The number of aromatic hydroxyl groups is 1. The number of fused-ring (bicyclic) bond motifs is 2. The van der Waals surface area contributed by atoms with Gasteiger partial charge < -0.3 is 15.2 Å². The summed E-state index contributed by atoms with van der Waals surface area (Å²) in [6.45, 7) is 0. The van der Waals surface area contributed by atoms with Crippen molar-refractivity contribution in [1.29, 1.82) is 0 Å². The Kier molecular flexibility index (Phi) is 4.62. The number of phenolic OH excluding ortho intramolecular Hbond substituents is 1. The van der Waals surface area contributed by atoms with E-state index in [1.165, 1.54) is 18.3 Å². The van der Waals surface area contributed by atoms with Crippen molar-refractivity contribution in [3.05, 3.63) is 42.5 Å². The first-order valence-electron chi connectivity index (χ1n) is 9.90. The van der Waals surface area contributed by atoms with E-state index in [-0.39, 0.29) is 34.8 Å². The molecular weight excluding hydrogens is 392 g/mol. The van der Waals surface area contributed by atoms with E-state index in [4.69, 9.17) is 4.74 Å². The number of piperidine rings is 1. The van der Waals surface area contributed by atoms with Gasteiger partial charge in [0, 0.05) is 54.5 Å². The van der Waals surface area contributed by atoms with Crippen LogP contribution in [0.1, 0.15) is 19.3 Å². The van der Waals surface area contributed by atoms with Gasteiger partial charge in [-0.1, -0.05) is 0 Å². The number of phenols is 1. The molecule has 3 aromatic rings. The van der Waals surface area contributed by atoms with E-state index in [1.807, 2.05) is 0 Å². The molecule has 0 spiro atoms. The van der Waals surface area contributed by atoms with E-state index in [0.29, 0.717) is 17.7 Å². The zero-order valence-electron chi connectivity index (χ0n) is 16.3.